The highest BCUT2D eigenvalue weighted by molar-refractivity contribution is 6.07. The molecule has 0 aromatic heterocycles. The molecular formula is C19H21NO4. The molecule has 0 atom stereocenters. The van der Waals surface area contributed by atoms with Gasteiger partial charge in [0.2, 0.25) is 0 Å². The molecule has 0 radical (unpaired) electrons. The van der Waals surface area contributed by atoms with Crippen LogP contribution in [-0.2, 0) is 0 Å². The summed E-state index contributed by atoms with van der Waals surface area (Å²) >= 11 is 0. The first-order valence-electron chi connectivity index (χ1n) is 7.43. The number of methoxy groups -OCH3 is 3. The van der Waals surface area contributed by atoms with E-state index in [2.05, 4.69) is 5.32 Å². The Kier molecular flexibility index (Phi) is 5.84. The highest BCUT2D eigenvalue weighted by Gasteiger charge is 2.12. The number of ketones is 1. The molecule has 2 rings (SSSR count). The van der Waals surface area contributed by atoms with E-state index in [-0.39, 0.29) is 5.78 Å². The van der Waals surface area contributed by atoms with Crippen molar-refractivity contribution in [2.24, 2.45) is 0 Å². The van der Waals surface area contributed by atoms with E-state index >= 15 is 0 Å². The number of carbonyl (C=O) groups excluding carboxylic acids is 1. The van der Waals surface area contributed by atoms with E-state index in [0.717, 1.165) is 17.1 Å². The Balaban J connectivity index is 2.18. The van der Waals surface area contributed by atoms with Gasteiger partial charge >= 0.3 is 0 Å². The molecule has 0 bridgehead atoms. The van der Waals surface area contributed by atoms with Crippen LogP contribution in [0.4, 0.5) is 5.69 Å². The van der Waals surface area contributed by atoms with Crippen molar-refractivity contribution in [3.8, 4) is 17.2 Å². The first-order valence-corrected chi connectivity index (χ1v) is 7.43. The zero-order chi connectivity index (χ0) is 17.5. The molecule has 5 nitrogen and oxygen atoms in total. The summed E-state index contributed by atoms with van der Waals surface area (Å²) in [5.74, 6) is 1.73. The lowest BCUT2D eigenvalue weighted by Gasteiger charge is -2.10. The number of hydrogen-bond donors (Lipinski definition) is 1. The molecule has 0 spiro atoms. The van der Waals surface area contributed by atoms with Gasteiger partial charge in [-0.15, -0.1) is 0 Å². The summed E-state index contributed by atoms with van der Waals surface area (Å²) in [6.45, 7) is 1.83. The van der Waals surface area contributed by atoms with Gasteiger partial charge in [0.1, 0.15) is 17.2 Å². The minimum Gasteiger partial charge on any atom is -0.497 e. The Morgan fingerprint density at radius 2 is 1.54 bits per heavy atom. The van der Waals surface area contributed by atoms with E-state index in [1.807, 2.05) is 31.2 Å². The first kappa shape index (κ1) is 17.4. The Hall–Kier alpha value is -2.95. The maximum Gasteiger partial charge on any atom is 0.191 e. The van der Waals surface area contributed by atoms with Crippen LogP contribution in [0, 0.1) is 0 Å². The van der Waals surface area contributed by atoms with Gasteiger partial charge < -0.3 is 19.5 Å². The SMILES string of the molecule is COc1ccc(N/C(C)=C/C(=O)c2cc(OC)ccc2OC)cc1. The molecule has 126 valence electrons. The van der Waals surface area contributed by atoms with E-state index in [9.17, 15) is 4.79 Å². The molecule has 0 saturated heterocycles. The van der Waals surface area contributed by atoms with Crippen molar-refractivity contribution in [2.45, 2.75) is 6.92 Å². The molecule has 0 amide bonds. The molecule has 24 heavy (non-hydrogen) atoms. The lowest BCUT2D eigenvalue weighted by molar-refractivity contribution is 0.104. The zero-order valence-corrected chi connectivity index (χ0v) is 14.3. The number of nitrogens with one attached hydrogen (secondary N) is 1. The van der Waals surface area contributed by atoms with Crippen molar-refractivity contribution in [1.29, 1.82) is 0 Å². The summed E-state index contributed by atoms with van der Waals surface area (Å²) < 4.78 is 15.5. The molecule has 5 heteroatoms. The van der Waals surface area contributed by atoms with Crippen molar-refractivity contribution < 1.29 is 19.0 Å². The third-order valence-corrected chi connectivity index (χ3v) is 3.45. The number of anilines is 1. The van der Waals surface area contributed by atoms with E-state index in [1.165, 1.54) is 13.2 Å². The summed E-state index contributed by atoms with van der Waals surface area (Å²) in [7, 11) is 4.71. The summed E-state index contributed by atoms with van der Waals surface area (Å²) in [6.07, 6.45) is 1.53. The van der Waals surface area contributed by atoms with Crippen molar-refractivity contribution >= 4 is 11.5 Å². The molecule has 0 heterocycles. The summed E-state index contributed by atoms with van der Waals surface area (Å²) in [4.78, 5) is 12.5. The lowest BCUT2D eigenvalue weighted by Crippen LogP contribution is -2.04. The van der Waals surface area contributed by atoms with Gasteiger partial charge in [-0.25, -0.2) is 0 Å². The van der Waals surface area contributed by atoms with Crippen LogP contribution in [0.3, 0.4) is 0 Å². The fourth-order valence-electron chi connectivity index (χ4n) is 2.22. The molecule has 0 saturated carbocycles. The van der Waals surface area contributed by atoms with E-state index in [1.54, 1.807) is 32.4 Å². The van der Waals surface area contributed by atoms with Crippen molar-refractivity contribution in [1.82, 2.24) is 0 Å². The van der Waals surface area contributed by atoms with Gasteiger partial charge in [-0.2, -0.15) is 0 Å². The zero-order valence-electron chi connectivity index (χ0n) is 14.3. The Morgan fingerprint density at radius 1 is 0.917 bits per heavy atom. The number of carbonyl (C=O) groups is 1. The molecule has 0 unspecified atom stereocenters. The van der Waals surface area contributed by atoms with Crippen molar-refractivity contribution in [3.63, 3.8) is 0 Å². The maximum absolute atomic E-state index is 12.5. The number of ether oxygens (including phenoxy) is 3. The second kappa shape index (κ2) is 8.06. The van der Waals surface area contributed by atoms with Crippen LogP contribution in [0.25, 0.3) is 0 Å². The number of hydrogen-bond acceptors (Lipinski definition) is 5. The molecule has 1 N–H and O–H groups in total. The summed E-state index contributed by atoms with van der Waals surface area (Å²) in [5.41, 5.74) is 2.04. The van der Waals surface area contributed by atoms with Crippen LogP contribution in [-0.4, -0.2) is 27.1 Å². The van der Waals surface area contributed by atoms with Gasteiger partial charge in [-0.05, 0) is 49.4 Å². The Labute approximate surface area is 141 Å². The fraction of sp³-hybridized carbons (Fsp3) is 0.211. The molecule has 0 aliphatic heterocycles. The molecule has 0 aliphatic rings. The molecular weight excluding hydrogens is 306 g/mol. The van der Waals surface area contributed by atoms with E-state index < -0.39 is 0 Å². The van der Waals surface area contributed by atoms with Crippen LogP contribution in [0.1, 0.15) is 17.3 Å². The van der Waals surface area contributed by atoms with Gasteiger partial charge in [-0.3, -0.25) is 4.79 Å². The van der Waals surface area contributed by atoms with Crippen molar-refractivity contribution in [2.75, 3.05) is 26.6 Å². The minimum absolute atomic E-state index is 0.163. The largest absolute Gasteiger partial charge is 0.497 e. The predicted molar refractivity (Wildman–Crippen MR) is 94.3 cm³/mol. The second-order valence-electron chi connectivity index (χ2n) is 5.11. The smallest absolute Gasteiger partial charge is 0.191 e. The Bertz CT molecular complexity index is 736. The Morgan fingerprint density at radius 3 is 2.12 bits per heavy atom. The van der Waals surface area contributed by atoms with Crippen LogP contribution >= 0.6 is 0 Å². The van der Waals surface area contributed by atoms with Crippen LogP contribution < -0.4 is 19.5 Å². The summed E-state index contributed by atoms with van der Waals surface area (Å²) in [6, 6.07) is 12.6. The molecule has 2 aromatic carbocycles. The maximum atomic E-state index is 12.5. The van der Waals surface area contributed by atoms with Gasteiger partial charge in [-0.1, -0.05) is 0 Å². The quantitative estimate of drug-likeness (QED) is 0.617. The third-order valence-electron chi connectivity index (χ3n) is 3.45. The van der Waals surface area contributed by atoms with Crippen molar-refractivity contribution in [3.05, 3.63) is 59.8 Å². The number of allylic oxidation sites excluding steroid dienone is 2. The number of benzene rings is 2. The normalized spacial score (nSPS) is 10.9. The average Bonchev–Trinajstić information content (AvgIpc) is 2.61. The lowest BCUT2D eigenvalue weighted by atomic mass is 10.1. The van der Waals surface area contributed by atoms with Gasteiger partial charge in [0.05, 0.1) is 26.9 Å². The highest BCUT2D eigenvalue weighted by atomic mass is 16.5. The van der Waals surface area contributed by atoms with E-state index in [4.69, 9.17) is 14.2 Å². The molecule has 2 aromatic rings. The van der Waals surface area contributed by atoms with E-state index in [0.29, 0.717) is 17.1 Å². The predicted octanol–water partition coefficient (Wildman–Crippen LogP) is 3.91. The van der Waals surface area contributed by atoms with Gasteiger partial charge in [0.25, 0.3) is 0 Å². The standard InChI is InChI=1S/C19H21NO4/c1-13(20-14-5-7-15(22-2)8-6-14)11-18(21)17-12-16(23-3)9-10-19(17)24-4/h5-12,20H,1-4H3/b13-11+. The molecule has 0 fully saturated rings. The second-order valence-corrected chi connectivity index (χ2v) is 5.11. The monoisotopic (exact) mass is 327 g/mol. The highest BCUT2D eigenvalue weighted by Crippen LogP contribution is 2.25. The minimum atomic E-state index is -0.163. The third kappa shape index (κ3) is 4.29. The van der Waals surface area contributed by atoms with Gasteiger partial charge in [0, 0.05) is 17.5 Å². The van der Waals surface area contributed by atoms with Gasteiger partial charge in [0.15, 0.2) is 5.78 Å². The first-order chi connectivity index (χ1) is 11.6. The van der Waals surface area contributed by atoms with Crippen LogP contribution in [0.5, 0.6) is 17.2 Å². The van der Waals surface area contributed by atoms with Crippen LogP contribution in [0.2, 0.25) is 0 Å². The topological polar surface area (TPSA) is 56.8 Å². The molecule has 0 aliphatic carbocycles. The summed E-state index contributed by atoms with van der Waals surface area (Å²) in [5, 5.41) is 3.17. The average molecular weight is 327 g/mol. The van der Waals surface area contributed by atoms with Crippen LogP contribution in [0.15, 0.2) is 54.2 Å². The number of rotatable bonds is 7. The fourth-order valence-corrected chi connectivity index (χ4v) is 2.22.